The van der Waals surface area contributed by atoms with E-state index >= 15 is 0 Å². The van der Waals surface area contributed by atoms with Gasteiger partial charge in [0.05, 0.1) is 11.7 Å². The van der Waals surface area contributed by atoms with Crippen LogP contribution in [0, 0.1) is 23.2 Å². The van der Waals surface area contributed by atoms with E-state index in [1.807, 2.05) is 0 Å². The molecule has 5 heteroatoms. The zero-order valence-corrected chi connectivity index (χ0v) is 12.5. The van der Waals surface area contributed by atoms with Gasteiger partial charge in [0.1, 0.15) is 5.52 Å². The van der Waals surface area contributed by atoms with Crippen LogP contribution in [0.2, 0.25) is 0 Å². The van der Waals surface area contributed by atoms with Crippen molar-refractivity contribution in [1.82, 2.24) is 15.0 Å². The fraction of sp³-hybridized carbons (Fsp3) is 0.471. The molecule has 112 valence electrons. The van der Waals surface area contributed by atoms with E-state index < -0.39 is 0 Å². The minimum Gasteiger partial charge on any atom is -0.354 e. The van der Waals surface area contributed by atoms with Crippen molar-refractivity contribution in [2.45, 2.75) is 13.3 Å². The molecule has 1 N–H and O–H groups in total. The Morgan fingerprint density at radius 2 is 2.27 bits per heavy atom. The number of nitrogens with zero attached hydrogens (tertiary/aromatic N) is 3. The van der Waals surface area contributed by atoms with E-state index in [2.05, 4.69) is 38.9 Å². The molecule has 5 rings (SSSR count). The first-order chi connectivity index (χ1) is 10.7. The fourth-order valence-corrected chi connectivity index (χ4v) is 4.95. The van der Waals surface area contributed by atoms with Gasteiger partial charge in [-0.2, -0.15) is 0 Å². The zero-order chi connectivity index (χ0) is 14.9. The standard InChI is InChI=1S/C17H18N4O/c1-17-8-21(7-13(17)10-2-3-11(17)6-10)15-14-12(4-5-18-15)16(22)20-9-19-14/h2-5,9-11,13H,6-8H2,1H3,(H,19,20,22)/t10-,11+,13-,17+/m0/s1. The lowest BCUT2D eigenvalue weighted by Crippen LogP contribution is -2.31. The molecule has 0 radical (unpaired) electrons. The van der Waals surface area contributed by atoms with E-state index in [0.717, 1.165) is 24.4 Å². The summed E-state index contributed by atoms with van der Waals surface area (Å²) in [5.74, 6) is 2.96. The number of H-pyrrole nitrogens is 1. The number of rotatable bonds is 1. The maximum atomic E-state index is 12.0. The van der Waals surface area contributed by atoms with Crippen LogP contribution in [0.4, 0.5) is 5.82 Å². The minimum absolute atomic E-state index is 0.0963. The van der Waals surface area contributed by atoms with E-state index in [1.54, 1.807) is 12.3 Å². The number of fused-ring (bicyclic) bond motifs is 6. The van der Waals surface area contributed by atoms with Gasteiger partial charge >= 0.3 is 0 Å². The van der Waals surface area contributed by atoms with Gasteiger partial charge in [-0.15, -0.1) is 0 Å². The summed E-state index contributed by atoms with van der Waals surface area (Å²) >= 11 is 0. The molecule has 2 aromatic heterocycles. The summed E-state index contributed by atoms with van der Waals surface area (Å²) < 4.78 is 0. The molecule has 3 heterocycles. The zero-order valence-electron chi connectivity index (χ0n) is 12.5. The molecule has 22 heavy (non-hydrogen) atoms. The lowest BCUT2D eigenvalue weighted by Gasteiger charge is -2.31. The Morgan fingerprint density at radius 1 is 1.36 bits per heavy atom. The van der Waals surface area contributed by atoms with Gasteiger partial charge in [-0.1, -0.05) is 19.1 Å². The predicted octanol–water partition coefficient (Wildman–Crippen LogP) is 1.97. The van der Waals surface area contributed by atoms with Crippen LogP contribution in [0.25, 0.3) is 10.9 Å². The second-order valence-corrected chi connectivity index (χ2v) is 7.15. The van der Waals surface area contributed by atoms with Gasteiger partial charge in [-0.25, -0.2) is 9.97 Å². The lowest BCUT2D eigenvalue weighted by molar-refractivity contribution is 0.233. The highest BCUT2D eigenvalue weighted by Crippen LogP contribution is 2.59. The average Bonchev–Trinajstić information content (AvgIpc) is 3.17. The molecule has 0 unspecified atom stereocenters. The fourth-order valence-electron chi connectivity index (χ4n) is 4.95. The number of hydrogen-bond donors (Lipinski definition) is 1. The van der Waals surface area contributed by atoms with Crippen molar-refractivity contribution in [1.29, 1.82) is 0 Å². The Labute approximate surface area is 128 Å². The van der Waals surface area contributed by atoms with Crippen molar-refractivity contribution in [3.05, 3.63) is 41.1 Å². The Kier molecular flexibility index (Phi) is 2.23. The average molecular weight is 294 g/mol. The van der Waals surface area contributed by atoms with Crippen molar-refractivity contribution in [2.24, 2.45) is 23.2 Å². The molecule has 0 spiro atoms. The van der Waals surface area contributed by atoms with E-state index in [1.165, 1.54) is 12.7 Å². The number of aromatic nitrogens is 3. The highest BCUT2D eigenvalue weighted by atomic mass is 16.1. The Morgan fingerprint density at radius 3 is 3.14 bits per heavy atom. The number of allylic oxidation sites excluding steroid dienone is 2. The van der Waals surface area contributed by atoms with Crippen molar-refractivity contribution in [3.63, 3.8) is 0 Å². The third-order valence-electron chi connectivity index (χ3n) is 6.11. The van der Waals surface area contributed by atoms with E-state index in [9.17, 15) is 4.79 Å². The first-order valence-electron chi connectivity index (χ1n) is 7.92. The molecule has 4 atom stereocenters. The smallest absolute Gasteiger partial charge is 0.258 e. The molecule has 2 aliphatic carbocycles. The molecule has 3 aliphatic rings. The first kappa shape index (κ1) is 12.4. The van der Waals surface area contributed by atoms with E-state index in [4.69, 9.17) is 0 Å². The van der Waals surface area contributed by atoms with Crippen LogP contribution in [0.3, 0.4) is 0 Å². The Balaban J connectivity index is 1.61. The minimum atomic E-state index is -0.0963. The van der Waals surface area contributed by atoms with Crippen LogP contribution in [0.15, 0.2) is 35.5 Å². The monoisotopic (exact) mass is 294 g/mol. The Hall–Kier alpha value is -2.17. The molecule has 0 aromatic carbocycles. The molecular formula is C17H18N4O. The number of nitrogens with one attached hydrogen (secondary N) is 1. The van der Waals surface area contributed by atoms with Crippen molar-refractivity contribution >= 4 is 16.7 Å². The molecule has 2 aromatic rings. The van der Waals surface area contributed by atoms with Gasteiger partial charge in [0.2, 0.25) is 0 Å². The SMILES string of the molecule is C[C@]12CN(c3nccc4c(=O)[nH]cnc34)C[C@H]1[C@H]1C=C[C@@H]2C1. The summed E-state index contributed by atoms with van der Waals surface area (Å²) in [7, 11) is 0. The third kappa shape index (κ3) is 1.41. The van der Waals surface area contributed by atoms with Crippen LogP contribution >= 0.6 is 0 Å². The molecule has 0 amide bonds. The highest BCUT2D eigenvalue weighted by molar-refractivity contribution is 5.87. The number of aromatic amines is 1. The predicted molar refractivity (Wildman–Crippen MR) is 84.7 cm³/mol. The number of pyridine rings is 1. The molecule has 1 saturated carbocycles. The van der Waals surface area contributed by atoms with E-state index in [0.29, 0.717) is 28.6 Å². The molecule has 1 aliphatic heterocycles. The normalized spacial score (nSPS) is 35.5. The summed E-state index contributed by atoms with van der Waals surface area (Å²) in [4.78, 5) is 25.9. The summed E-state index contributed by atoms with van der Waals surface area (Å²) in [5.41, 5.74) is 0.959. The second kappa shape index (κ2) is 3.97. The maximum Gasteiger partial charge on any atom is 0.258 e. The van der Waals surface area contributed by atoms with Gasteiger partial charge in [0.15, 0.2) is 5.82 Å². The van der Waals surface area contributed by atoms with Crippen LogP contribution in [0.5, 0.6) is 0 Å². The maximum absolute atomic E-state index is 12.0. The van der Waals surface area contributed by atoms with Gasteiger partial charge in [0, 0.05) is 19.3 Å². The van der Waals surface area contributed by atoms with Gasteiger partial charge < -0.3 is 9.88 Å². The quantitative estimate of drug-likeness (QED) is 0.817. The third-order valence-corrected chi connectivity index (χ3v) is 6.11. The van der Waals surface area contributed by atoms with Crippen LogP contribution in [0.1, 0.15) is 13.3 Å². The topological polar surface area (TPSA) is 61.9 Å². The largest absolute Gasteiger partial charge is 0.354 e. The summed E-state index contributed by atoms with van der Waals surface area (Å²) in [6, 6.07) is 1.74. The molecular weight excluding hydrogens is 276 g/mol. The van der Waals surface area contributed by atoms with Crippen LogP contribution in [-0.4, -0.2) is 28.0 Å². The molecule has 1 saturated heterocycles. The Bertz CT molecular complexity index is 857. The van der Waals surface area contributed by atoms with Gasteiger partial charge in [-0.3, -0.25) is 4.79 Å². The van der Waals surface area contributed by atoms with Crippen molar-refractivity contribution in [2.75, 3.05) is 18.0 Å². The highest BCUT2D eigenvalue weighted by Gasteiger charge is 2.57. The van der Waals surface area contributed by atoms with Crippen molar-refractivity contribution < 1.29 is 0 Å². The molecule has 5 nitrogen and oxygen atoms in total. The molecule has 2 fully saturated rings. The van der Waals surface area contributed by atoms with E-state index in [-0.39, 0.29) is 5.56 Å². The van der Waals surface area contributed by atoms with Crippen LogP contribution < -0.4 is 10.5 Å². The summed E-state index contributed by atoms with van der Waals surface area (Å²) in [6.07, 6.45) is 9.32. The first-order valence-corrected chi connectivity index (χ1v) is 7.92. The van der Waals surface area contributed by atoms with Crippen molar-refractivity contribution in [3.8, 4) is 0 Å². The van der Waals surface area contributed by atoms with Gasteiger partial charge in [-0.05, 0) is 35.7 Å². The summed E-state index contributed by atoms with van der Waals surface area (Å²) in [5, 5.41) is 0.621. The number of anilines is 1. The van der Waals surface area contributed by atoms with Crippen LogP contribution in [-0.2, 0) is 0 Å². The lowest BCUT2D eigenvalue weighted by atomic mass is 9.72. The number of hydrogen-bond acceptors (Lipinski definition) is 4. The molecule has 2 bridgehead atoms. The summed E-state index contributed by atoms with van der Waals surface area (Å²) in [6.45, 7) is 4.43. The second-order valence-electron chi connectivity index (χ2n) is 7.15. The van der Waals surface area contributed by atoms with Gasteiger partial charge in [0.25, 0.3) is 5.56 Å².